The maximum absolute atomic E-state index is 13.0. The molecule has 0 aliphatic carbocycles. The topological polar surface area (TPSA) is 118 Å². The van der Waals surface area contributed by atoms with Gasteiger partial charge >= 0.3 is 0 Å². The van der Waals surface area contributed by atoms with Crippen LogP contribution in [0.25, 0.3) is 16.6 Å². The number of amides is 2. The number of carbonyl (C=O) groups is 2. The monoisotopic (exact) mass is 574 g/mol. The van der Waals surface area contributed by atoms with E-state index < -0.39 is 11.5 Å². The lowest BCUT2D eigenvalue weighted by atomic mass is 10.1. The highest BCUT2D eigenvalue weighted by atomic mass is 16.5. The Bertz CT molecular complexity index is 1830. The zero-order chi connectivity index (χ0) is 29.8. The Labute approximate surface area is 248 Å². The van der Waals surface area contributed by atoms with Crippen molar-refractivity contribution in [1.82, 2.24) is 24.8 Å². The molecule has 5 aromatic rings. The predicted molar refractivity (Wildman–Crippen MR) is 164 cm³/mol. The number of para-hydroxylation sites is 1. The number of piperidine rings is 1. The van der Waals surface area contributed by atoms with Crippen LogP contribution in [-0.2, 0) is 0 Å². The largest absolute Gasteiger partial charge is 0.457 e. The minimum absolute atomic E-state index is 0.0270. The van der Waals surface area contributed by atoms with Crippen molar-refractivity contribution in [2.75, 3.05) is 25.5 Å². The van der Waals surface area contributed by atoms with E-state index in [0.717, 1.165) is 25.9 Å². The van der Waals surface area contributed by atoms with E-state index in [1.807, 2.05) is 18.2 Å². The summed E-state index contributed by atoms with van der Waals surface area (Å²) in [6, 6.07) is 22.6. The number of hydrogen-bond acceptors (Lipinski definition) is 7. The Balaban J connectivity index is 1.15. The lowest BCUT2D eigenvalue weighted by molar-refractivity contribution is 0.0911. The molecular weight excluding hydrogens is 544 g/mol. The summed E-state index contributed by atoms with van der Waals surface area (Å²) in [6.45, 7) is 1.89. The van der Waals surface area contributed by atoms with Gasteiger partial charge in [-0.25, -0.2) is 4.98 Å². The van der Waals surface area contributed by atoms with E-state index in [0.29, 0.717) is 39.5 Å². The molecule has 2 N–H and O–H groups in total. The molecule has 2 amide bonds. The molecule has 2 aromatic carbocycles. The Kier molecular flexibility index (Phi) is 7.92. The standard InChI is InChI=1S/C33H30N6O4/c1-38-18-14-23(15-19-38)37-32(41)28-20-27-29(21-35-28)34-16-13-30(27)43-25-11-9-22(10-12-25)36-31(40)26-8-5-17-39(33(26)42)24-6-3-2-4-7-24/h2-13,16-17,20-21,23H,14-15,18-19H2,1H3,(H,36,40)(H,37,41). The van der Waals surface area contributed by atoms with Crippen molar-refractivity contribution < 1.29 is 14.3 Å². The van der Waals surface area contributed by atoms with Crippen LogP contribution in [0.1, 0.15) is 33.7 Å². The molecule has 1 fully saturated rings. The van der Waals surface area contributed by atoms with Crippen molar-refractivity contribution in [3.63, 3.8) is 0 Å². The maximum atomic E-state index is 13.0. The van der Waals surface area contributed by atoms with Crippen LogP contribution in [0.2, 0.25) is 0 Å². The number of anilines is 1. The number of nitrogens with one attached hydrogen (secondary N) is 2. The van der Waals surface area contributed by atoms with Crippen molar-refractivity contribution in [1.29, 1.82) is 0 Å². The number of likely N-dealkylation sites (tertiary alicyclic amines) is 1. The molecule has 0 unspecified atom stereocenters. The molecule has 10 nitrogen and oxygen atoms in total. The van der Waals surface area contributed by atoms with Crippen molar-refractivity contribution in [2.45, 2.75) is 18.9 Å². The van der Waals surface area contributed by atoms with Gasteiger partial charge in [0.1, 0.15) is 22.8 Å². The van der Waals surface area contributed by atoms with Gasteiger partial charge in [0.2, 0.25) is 0 Å². The number of rotatable bonds is 7. The average Bonchev–Trinajstić information content (AvgIpc) is 3.03. The zero-order valence-corrected chi connectivity index (χ0v) is 23.6. The fraction of sp³-hybridized carbons (Fsp3) is 0.182. The van der Waals surface area contributed by atoms with E-state index in [4.69, 9.17) is 4.74 Å². The molecular formula is C33H30N6O4. The van der Waals surface area contributed by atoms with Gasteiger partial charge in [0.15, 0.2) is 0 Å². The summed E-state index contributed by atoms with van der Waals surface area (Å²) in [4.78, 5) is 49.8. The van der Waals surface area contributed by atoms with E-state index in [9.17, 15) is 14.4 Å². The normalized spacial score (nSPS) is 13.9. The zero-order valence-electron chi connectivity index (χ0n) is 23.6. The van der Waals surface area contributed by atoms with Gasteiger partial charge in [0.05, 0.1) is 11.7 Å². The van der Waals surface area contributed by atoms with Gasteiger partial charge < -0.3 is 20.3 Å². The SMILES string of the molecule is CN1CCC(NC(=O)c2cc3c(Oc4ccc(NC(=O)c5cccn(-c6ccccc6)c5=O)cc4)ccnc3cn2)CC1. The second-order valence-electron chi connectivity index (χ2n) is 10.5. The molecule has 10 heteroatoms. The lowest BCUT2D eigenvalue weighted by Gasteiger charge is -2.29. The molecule has 1 saturated heterocycles. The molecule has 3 aromatic heterocycles. The summed E-state index contributed by atoms with van der Waals surface area (Å²) < 4.78 is 7.58. The highest BCUT2D eigenvalue weighted by Gasteiger charge is 2.20. The molecule has 0 radical (unpaired) electrons. The van der Waals surface area contributed by atoms with Gasteiger partial charge in [0.25, 0.3) is 17.4 Å². The first-order valence-corrected chi connectivity index (χ1v) is 14.0. The van der Waals surface area contributed by atoms with E-state index in [2.05, 4.69) is 32.5 Å². The van der Waals surface area contributed by atoms with Gasteiger partial charge in [-0.05, 0) is 93.6 Å². The van der Waals surface area contributed by atoms with Gasteiger partial charge in [-0.1, -0.05) is 18.2 Å². The summed E-state index contributed by atoms with van der Waals surface area (Å²) in [5.74, 6) is 0.303. The van der Waals surface area contributed by atoms with E-state index >= 15 is 0 Å². The van der Waals surface area contributed by atoms with E-state index in [1.165, 1.54) is 10.6 Å². The van der Waals surface area contributed by atoms with Gasteiger partial charge in [-0.3, -0.25) is 23.9 Å². The molecule has 1 aliphatic rings. The smallest absolute Gasteiger partial charge is 0.270 e. The Morgan fingerprint density at radius 1 is 0.907 bits per heavy atom. The Morgan fingerprint density at radius 2 is 1.67 bits per heavy atom. The third-order valence-electron chi connectivity index (χ3n) is 7.44. The molecule has 0 bridgehead atoms. The summed E-state index contributed by atoms with van der Waals surface area (Å²) in [6.07, 6.45) is 6.62. The molecule has 0 atom stereocenters. The summed E-state index contributed by atoms with van der Waals surface area (Å²) >= 11 is 0. The minimum Gasteiger partial charge on any atom is -0.457 e. The van der Waals surface area contributed by atoms with Crippen LogP contribution in [0.4, 0.5) is 5.69 Å². The van der Waals surface area contributed by atoms with Crippen LogP contribution in [-0.4, -0.2) is 57.4 Å². The lowest BCUT2D eigenvalue weighted by Crippen LogP contribution is -2.43. The fourth-order valence-electron chi connectivity index (χ4n) is 5.04. The molecule has 0 saturated carbocycles. The number of hydrogen-bond donors (Lipinski definition) is 2. The van der Waals surface area contributed by atoms with Crippen molar-refractivity contribution in [3.05, 3.63) is 119 Å². The number of benzene rings is 2. The van der Waals surface area contributed by atoms with Crippen molar-refractivity contribution >= 4 is 28.4 Å². The molecule has 6 rings (SSSR count). The second-order valence-corrected chi connectivity index (χ2v) is 10.5. The summed E-state index contributed by atoms with van der Waals surface area (Å²) in [5, 5.41) is 6.53. The van der Waals surface area contributed by atoms with E-state index in [1.54, 1.807) is 73.2 Å². The van der Waals surface area contributed by atoms with Crippen LogP contribution in [0.3, 0.4) is 0 Å². The number of nitrogens with zero attached hydrogens (tertiary/aromatic N) is 4. The summed E-state index contributed by atoms with van der Waals surface area (Å²) in [7, 11) is 2.08. The highest BCUT2D eigenvalue weighted by molar-refractivity contribution is 6.04. The van der Waals surface area contributed by atoms with Crippen molar-refractivity contribution in [3.8, 4) is 17.2 Å². The quantitative estimate of drug-likeness (QED) is 0.291. The third kappa shape index (κ3) is 6.29. The fourth-order valence-corrected chi connectivity index (χ4v) is 5.04. The average molecular weight is 575 g/mol. The number of aromatic nitrogens is 3. The first-order chi connectivity index (χ1) is 20.9. The molecule has 216 valence electrons. The second kappa shape index (κ2) is 12.3. The molecule has 1 aliphatic heterocycles. The van der Waals surface area contributed by atoms with Crippen LogP contribution < -0.4 is 20.9 Å². The first-order valence-electron chi connectivity index (χ1n) is 14.0. The Morgan fingerprint density at radius 3 is 2.44 bits per heavy atom. The van der Waals surface area contributed by atoms with Crippen LogP contribution in [0, 0.1) is 0 Å². The van der Waals surface area contributed by atoms with Gasteiger partial charge in [-0.15, -0.1) is 0 Å². The minimum atomic E-state index is -0.511. The van der Waals surface area contributed by atoms with Crippen LogP contribution in [0.15, 0.2) is 102 Å². The van der Waals surface area contributed by atoms with E-state index in [-0.39, 0.29) is 17.5 Å². The number of pyridine rings is 3. The molecule has 43 heavy (non-hydrogen) atoms. The third-order valence-corrected chi connectivity index (χ3v) is 7.44. The van der Waals surface area contributed by atoms with Crippen molar-refractivity contribution in [2.24, 2.45) is 0 Å². The number of carbonyl (C=O) groups excluding carboxylic acids is 2. The maximum Gasteiger partial charge on any atom is 0.270 e. The predicted octanol–water partition coefficient (Wildman–Crippen LogP) is 4.65. The highest BCUT2D eigenvalue weighted by Crippen LogP contribution is 2.30. The molecule has 0 spiro atoms. The van der Waals surface area contributed by atoms with Gasteiger partial charge in [0, 0.05) is 35.2 Å². The Hall–Kier alpha value is -5.35. The van der Waals surface area contributed by atoms with Gasteiger partial charge in [-0.2, -0.15) is 0 Å². The van der Waals surface area contributed by atoms with Crippen LogP contribution >= 0.6 is 0 Å². The molecule has 4 heterocycles. The first kappa shape index (κ1) is 27.8. The summed E-state index contributed by atoms with van der Waals surface area (Å²) in [5.41, 5.74) is 1.69. The number of fused-ring (bicyclic) bond motifs is 1. The van der Waals surface area contributed by atoms with Crippen LogP contribution in [0.5, 0.6) is 11.5 Å². The number of ether oxygens (including phenoxy) is 1.